The summed E-state index contributed by atoms with van der Waals surface area (Å²) in [5.41, 5.74) is 0.361. The van der Waals surface area contributed by atoms with E-state index in [0.717, 1.165) is 6.42 Å². The average Bonchev–Trinajstić information content (AvgIpc) is 1.78. The molecule has 0 heteroatoms. The summed E-state index contributed by atoms with van der Waals surface area (Å²) in [6, 6.07) is 0.607. The fourth-order valence-electron chi connectivity index (χ4n) is 0.586. The summed E-state index contributed by atoms with van der Waals surface area (Å²) in [5.74, 6) is 0. The Hall–Kier alpha value is -0.520. The minimum Gasteiger partial charge on any atom is -0.0877 e. The van der Waals surface area contributed by atoms with E-state index in [9.17, 15) is 0 Å². The molecule has 0 unspecified atom stereocenters. The summed E-state index contributed by atoms with van der Waals surface area (Å²) in [5, 5.41) is 0. The molecule has 0 saturated heterocycles. The van der Waals surface area contributed by atoms with E-state index in [1.54, 1.807) is 6.92 Å². The minimum atomic E-state index is 0.361. The minimum absolute atomic E-state index is 0.361. The molecule has 0 heterocycles. The lowest BCUT2D eigenvalue weighted by Gasteiger charge is -2.13. The highest BCUT2D eigenvalue weighted by atomic mass is 14.1. The van der Waals surface area contributed by atoms with Crippen LogP contribution < -0.4 is 0 Å². The standard InChI is InChI=1S/C10H18/c1-5-6-7-8-9-10(2,3)4/h5-8H,9H2,1-4H3/b6-5+,8-7+/i5D. The summed E-state index contributed by atoms with van der Waals surface area (Å²) >= 11 is 0. The van der Waals surface area contributed by atoms with Crippen molar-refractivity contribution in [2.24, 2.45) is 5.41 Å². The lowest BCUT2D eigenvalue weighted by Crippen LogP contribution is -2.01. The monoisotopic (exact) mass is 139 g/mol. The van der Waals surface area contributed by atoms with Crippen LogP contribution in [0.5, 0.6) is 0 Å². The zero-order valence-electron chi connectivity index (χ0n) is 8.44. The number of hydrogen-bond donors (Lipinski definition) is 0. The Balaban J connectivity index is 3.71. The molecule has 58 valence electrons. The summed E-state index contributed by atoms with van der Waals surface area (Å²) in [4.78, 5) is 0. The predicted molar refractivity (Wildman–Crippen MR) is 48.0 cm³/mol. The highest BCUT2D eigenvalue weighted by Gasteiger charge is 2.05. The van der Waals surface area contributed by atoms with Crippen molar-refractivity contribution in [3.63, 3.8) is 0 Å². The van der Waals surface area contributed by atoms with Gasteiger partial charge in [0.2, 0.25) is 0 Å². The fraction of sp³-hybridized carbons (Fsp3) is 0.600. The largest absolute Gasteiger partial charge is 0.0877 e. The maximum absolute atomic E-state index is 7.12. The molecule has 0 atom stereocenters. The van der Waals surface area contributed by atoms with Gasteiger partial charge in [-0.15, -0.1) is 0 Å². The highest BCUT2D eigenvalue weighted by Crippen LogP contribution is 2.18. The molecule has 0 N–H and O–H groups in total. The van der Waals surface area contributed by atoms with Gasteiger partial charge in [-0.3, -0.25) is 0 Å². The van der Waals surface area contributed by atoms with Crippen molar-refractivity contribution < 1.29 is 1.37 Å². The first-order chi connectivity index (χ1) is 4.92. The van der Waals surface area contributed by atoms with Crippen molar-refractivity contribution in [2.75, 3.05) is 0 Å². The van der Waals surface area contributed by atoms with Crippen molar-refractivity contribution in [3.05, 3.63) is 24.3 Å². The first-order valence-electron chi connectivity index (χ1n) is 4.22. The van der Waals surface area contributed by atoms with E-state index in [1.165, 1.54) is 0 Å². The molecule has 0 rings (SSSR count). The van der Waals surface area contributed by atoms with E-state index >= 15 is 0 Å². The van der Waals surface area contributed by atoms with Crippen LogP contribution in [-0.4, -0.2) is 0 Å². The SMILES string of the molecule is [2H]/C(C)=C\C=C\CC(C)(C)C. The molecular formula is C10H18. The normalized spacial score (nSPS) is 16.0. The maximum atomic E-state index is 7.12. The van der Waals surface area contributed by atoms with Crippen LogP contribution in [0.2, 0.25) is 0 Å². The molecule has 0 radical (unpaired) electrons. The van der Waals surface area contributed by atoms with Crippen LogP contribution in [0.3, 0.4) is 0 Å². The first-order valence-corrected chi connectivity index (χ1v) is 3.72. The lowest BCUT2D eigenvalue weighted by molar-refractivity contribution is 0.420. The van der Waals surface area contributed by atoms with Crippen LogP contribution in [-0.2, 0) is 0 Å². The third-order valence-electron chi connectivity index (χ3n) is 1.13. The van der Waals surface area contributed by atoms with Crippen molar-refractivity contribution >= 4 is 0 Å². The second-order valence-corrected chi connectivity index (χ2v) is 3.65. The quantitative estimate of drug-likeness (QED) is 0.513. The Labute approximate surface area is 66.0 Å². The topological polar surface area (TPSA) is 0 Å². The van der Waals surface area contributed by atoms with Gasteiger partial charge in [0.15, 0.2) is 0 Å². The van der Waals surface area contributed by atoms with Gasteiger partial charge in [0, 0.05) is 0 Å². The first kappa shape index (κ1) is 7.59. The number of hydrogen-bond acceptors (Lipinski definition) is 0. The van der Waals surface area contributed by atoms with Crippen LogP contribution in [0.1, 0.15) is 35.5 Å². The molecule has 0 amide bonds. The van der Waals surface area contributed by atoms with E-state index in [-0.39, 0.29) is 0 Å². The predicted octanol–water partition coefficient (Wildman–Crippen LogP) is 3.55. The van der Waals surface area contributed by atoms with Crippen molar-refractivity contribution in [2.45, 2.75) is 34.1 Å². The van der Waals surface area contributed by atoms with Gasteiger partial charge in [0.05, 0.1) is 1.37 Å². The Morgan fingerprint density at radius 3 is 2.30 bits per heavy atom. The maximum Gasteiger partial charge on any atom is 0.0573 e. The third kappa shape index (κ3) is 7.48. The van der Waals surface area contributed by atoms with Gasteiger partial charge in [-0.05, 0) is 18.8 Å². The van der Waals surface area contributed by atoms with Crippen LogP contribution >= 0.6 is 0 Å². The van der Waals surface area contributed by atoms with Crippen LogP contribution in [0, 0.1) is 5.41 Å². The Bertz CT molecular complexity index is 154. The molecule has 0 saturated carbocycles. The van der Waals surface area contributed by atoms with Gasteiger partial charge in [-0.2, -0.15) is 0 Å². The molecule has 0 aliphatic rings. The third-order valence-corrected chi connectivity index (χ3v) is 1.13. The summed E-state index contributed by atoms with van der Waals surface area (Å²) < 4.78 is 7.12. The van der Waals surface area contributed by atoms with E-state index in [2.05, 4.69) is 26.8 Å². The molecular weight excluding hydrogens is 120 g/mol. The van der Waals surface area contributed by atoms with Crippen molar-refractivity contribution in [3.8, 4) is 0 Å². The van der Waals surface area contributed by atoms with Crippen LogP contribution in [0.4, 0.5) is 0 Å². The fourth-order valence-corrected chi connectivity index (χ4v) is 0.586. The van der Waals surface area contributed by atoms with E-state index < -0.39 is 0 Å². The smallest absolute Gasteiger partial charge is 0.0573 e. The summed E-state index contributed by atoms with van der Waals surface area (Å²) in [6.45, 7) is 8.39. The van der Waals surface area contributed by atoms with Gasteiger partial charge in [0.1, 0.15) is 0 Å². The second-order valence-electron chi connectivity index (χ2n) is 3.65. The van der Waals surface area contributed by atoms with E-state index in [0.29, 0.717) is 11.5 Å². The van der Waals surface area contributed by atoms with Crippen molar-refractivity contribution in [1.29, 1.82) is 0 Å². The zero-order chi connectivity index (χ0) is 8.91. The Morgan fingerprint density at radius 1 is 1.30 bits per heavy atom. The molecule has 0 spiro atoms. The molecule has 0 aromatic rings. The van der Waals surface area contributed by atoms with Gasteiger partial charge in [-0.1, -0.05) is 45.1 Å². The average molecular weight is 139 g/mol. The molecule has 0 aromatic carbocycles. The summed E-state index contributed by atoms with van der Waals surface area (Å²) in [6.07, 6.45) is 6.94. The van der Waals surface area contributed by atoms with Gasteiger partial charge in [0.25, 0.3) is 0 Å². The Kier molecular flexibility index (Phi) is 3.28. The molecule has 0 nitrogen and oxygen atoms in total. The van der Waals surface area contributed by atoms with Gasteiger partial charge in [-0.25, -0.2) is 0 Å². The number of rotatable bonds is 2. The molecule has 0 aliphatic carbocycles. The van der Waals surface area contributed by atoms with Gasteiger partial charge < -0.3 is 0 Å². The number of allylic oxidation sites excluding steroid dienone is 4. The van der Waals surface area contributed by atoms with E-state index in [4.69, 9.17) is 1.37 Å². The molecule has 0 aliphatic heterocycles. The lowest BCUT2D eigenvalue weighted by atomic mass is 9.92. The van der Waals surface area contributed by atoms with Crippen LogP contribution in [0.25, 0.3) is 0 Å². The van der Waals surface area contributed by atoms with E-state index in [1.807, 2.05) is 12.2 Å². The molecule has 0 bridgehead atoms. The molecule has 0 aromatic heterocycles. The Morgan fingerprint density at radius 2 is 1.90 bits per heavy atom. The van der Waals surface area contributed by atoms with Crippen molar-refractivity contribution in [1.82, 2.24) is 0 Å². The highest BCUT2D eigenvalue weighted by molar-refractivity contribution is 5.01. The van der Waals surface area contributed by atoms with Crippen LogP contribution in [0.15, 0.2) is 24.3 Å². The second kappa shape index (κ2) is 4.32. The summed E-state index contributed by atoms with van der Waals surface area (Å²) in [7, 11) is 0. The zero-order valence-corrected chi connectivity index (χ0v) is 7.44. The molecule has 0 fully saturated rings. The van der Waals surface area contributed by atoms with Gasteiger partial charge >= 0.3 is 0 Å². The molecule has 10 heavy (non-hydrogen) atoms.